The first kappa shape index (κ1) is 14.4. The van der Waals surface area contributed by atoms with Crippen LogP contribution in [0.1, 0.15) is 37.8 Å². The van der Waals surface area contributed by atoms with Crippen LogP contribution in [-0.4, -0.2) is 30.5 Å². The maximum atomic E-state index is 12.9. The average Bonchev–Trinajstić information content (AvgIpc) is 2.42. The van der Waals surface area contributed by atoms with Gasteiger partial charge in [-0.3, -0.25) is 0 Å². The van der Waals surface area contributed by atoms with E-state index in [4.69, 9.17) is 4.74 Å². The predicted molar refractivity (Wildman–Crippen MR) is 72.4 cm³/mol. The van der Waals surface area contributed by atoms with E-state index in [1.54, 1.807) is 12.1 Å². The zero-order chi connectivity index (χ0) is 13.7. The molecule has 106 valence electrons. The zero-order valence-electron chi connectivity index (χ0n) is 11.4. The Morgan fingerprint density at radius 3 is 2.53 bits per heavy atom. The van der Waals surface area contributed by atoms with Crippen molar-refractivity contribution in [3.8, 4) is 0 Å². The summed E-state index contributed by atoms with van der Waals surface area (Å²) in [4.78, 5) is 0. The molecule has 1 aliphatic rings. The summed E-state index contributed by atoms with van der Waals surface area (Å²) in [6.45, 7) is 3.86. The molecule has 1 unspecified atom stereocenters. The molecule has 1 saturated heterocycles. The molecule has 1 heterocycles. The van der Waals surface area contributed by atoms with Crippen molar-refractivity contribution in [1.82, 2.24) is 5.32 Å². The van der Waals surface area contributed by atoms with E-state index in [0.717, 1.165) is 12.0 Å². The number of aliphatic hydroxyl groups is 1. The third-order valence-electron chi connectivity index (χ3n) is 3.78. The fraction of sp³-hybridized carbons (Fsp3) is 0.600. The fourth-order valence-corrected chi connectivity index (χ4v) is 2.43. The van der Waals surface area contributed by atoms with Gasteiger partial charge in [-0.15, -0.1) is 0 Å². The summed E-state index contributed by atoms with van der Waals surface area (Å²) in [5.74, 6) is -0.221. The van der Waals surface area contributed by atoms with Crippen molar-refractivity contribution >= 4 is 0 Å². The largest absolute Gasteiger partial charge is 0.388 e. The second-order valence-corrected chi connectivity index (χ2v) is 5.23. The van der Waals surface area contributed by atoms with Crippen molar-refractivity contribution in [1.29, 1.82) is 0 Å². The number of ether oxygens (including phenoxy) is 1. The van der Waals surface area contributed by atoms with Crippen LogP contribution in [0.2, 0.25) is 0 Å². The molecule has 3 nitrogen and oxygen atoms in total. The highest BCUT2D eigenvalue weighted by molar-refractivity contribution is 5.19. The average molecular weight is 267 g/mol. The van der Waals surface area contributed by atoms with Crippen molar-refractivity contribution in [3.63, 3.8) is 0 Å². The van der Waals surface area contributed by atoms with Gasteiger partial charge in [-0.25, -0.2) is 4.39 Å². The number of benzene rings is 1. The van der Waals surface area contributed by atoms with Gasteiger partial charge in [0.05, 0.1) is 5.60 Å². The maximum Gasteiger partial charge on any atom is 0.123 e. The molecule has 0 radical (unpaired) electrons. The summed E-state index contributed by atoms with van der Waals surface area (Å²) in [6, 6.07) is 6.69. The number of rotatable bonds is 5. The molecule has 0 bridgehead atoms. The fourth-order valence-electron chi connectivity index (χ4n) is 2.43. The van der Waals surface area contributed by atoms with Crippen LogP contribution in [0.3, 0.4) is 0 Å². The van der Waals surface area contributed by atoms with Gasteiger partial charge in [0.2, 0.25) is 0 Å². The van der Waals surface area contributed by atoms with E-state index in [2.05, 4.69) is 12.2 Å². The molecular formula is C15H22FNO2. The second-order valence-electron chi connectivity index (χ2n) is 5.23. The van der Waals surface area contributed by atoms with Crippen LogP contribution < -0.4 is 5.32 Å². The first-order valence-corrected chi connectivity index (χ1v) is 6.92. The van der Waals surface area contributed by atoms with Crippen molar-refractivity contribution in [2.24, 2.45) is 0 Å². The van der Waals surface area contributed by atoms with Crippen LogP contribution >= 0.6 is 0 Å². The van der Waals surface area contributed by atoms with Gasteiger partial charge in [0.1, 0.15) is 5.82 Å². The first-order valence-electron chi connectivity index (χ1n) is 6.92. The normalized spacial score (nSPS) is 20.2. The molecular weight excluding hydrogens is 245 g/mol. The van der Waals surface area contributed by atoms with Gasteiger partial charge in [0.15, 0.2) is 0 Å². The summed E-state index contributed by atoms with van der Waals surface area (Å²) in [5, 5.41) is 13.8. The van der Waals surface area contributed by atoms with Crippen LogP contribution in [0.15, 0.2) is 24.3 Å². The minimum atomic E-state index is -0.675. The minimum Gasteiger partial charge on any atom is -0.388 e. The Morgan fingerprint density at radius 1 is 1.32 bits per heavy atom. The van der Waals surface area contributed by atoms with E-state index in [-0.39, 0.29) is 11.9 Å². The summed E-state index contributed by atoms with van der Waals surface area (Å²) < 4.78 is 18.2. The number of nitrogens with one attached hydrogen (secondary N) is 1. The van der Waals surface area contributed by atoms with Gasteiger partial charge in [-0.1, -0.05) is 19.1 Å². The van der Waals surface area contributed by atoms with Crippen LogP contribution in [0, 0.1) is 5.82 Å². The predicted octanol–water partition coefficient (Wildman–Crippen LogP) is 2.41. The quantitative estimate of drug-likeness (QED) is 0.861. The molecule has 19 heavy (non-hydrogen) atoms. The van der Waals surface area contributed by atoms with E-state index in [0.29, 0.717) is 32.6 Å². The smallest absolute Gasteiger partial charge is 0.123 e. The van der Waals surface area contributed by atoms with E-state index < -0.39 is 5.60 Å². The molecule has 1 aromatic rings. The van der Waals surface area contributed by atoms with Crippen molar-refractivity contribution in [3.05, 3.63) is 35.6 Å². The number of halogens is 1. The van der Waals surface area contributed by atoms with Crippen LogP contribution in [0.4, 0.5) is 4.39 Å². The van der Waals surface area contributed by atoms with E-state index in [1.165, 1.54) is 12.1 Å². The molecule has 0 aliphatic carbocycles. The molecule has 0 saturated carbocycles. The molecule has 2 rings (SSSR count). The lowest BCUT2D eigenvalue weighted by molar-refractivity contribution is -0.0628. The van der Waals surface area contributed by atoms with Crippen molar-refractivity contribution in [2.75, 3.05) is 19.8 Å². The van der Waals surface area contributed by atoms with E-state index in [9.17, 15) is 9.50 Å². The molecule has 4 heteroatoms. The van der Waals surface area contributed by atoms with Crippen LogP contribution in [0.5, 0.6) is 0 Å². The monoisotopic (exact) mass is 267 g/mol. The molecule has 2 N–H and O–H groups in total. The lowest BCUT2D eigenvalue weighted by Gasteiger charge is -2.33. The Hall–Kier alpha value is -0.970. The van der Waals surface area contributed by atoms with Gasteiger partial charge < -0.3 is 15.2 Å². The molecule has 0 spiro atoms. The van der Waals surface area contributed by atoms with Gasteiger partial charge in [-0.2, -0.15) is 0 Å². The van der Waals surface area contributed by atoms with Crippen molar-refractivity contribution < 1.29 is 14.2 Å². The zero-order valence-corrected chi connectivity index (χ0v) is 11.4. The summed E-state index contributed by atoms with van der Waals surface area (Å²) in [6.07, 6.45) is 2.23. The lowest BCUT2D eigenvalue weighted by Crippen LogP contribution is -2.45. The van der Waals surface area contributed by atoms with Gasteiger partial charge in [-0.05, 0) is 24.1 Å². The van der Waals surface area contributed by atoms with E-state index in [1.807, 2.05) is 0 Å². The highest BCUT2D eigenvalue weighted by Crippen LogP contribution is 2.22. The van der Waals surface area contributed by atoms with Gasteiger partial charge in [0, 0.05) is 38.6 Å². The molecule has 1 aliphatic heterocycles. The van der Waals surface area contributed by atoms with Gasteiger partial charge in [0.25, 0.3) is 0 Å². The Balaban J connectivity index is 1.93. The molecule has 0 amide bonds. The molecule has 1 aromatic carbocycles. The highest BCUT2D eigenvalue weighted by atomic mass is 19.1. The highest BCUT2D eigenvalue weighted by Gasteiger charge is 2.30. The van der Waals surface area contributed by atoms with E-state index >= 15 is 0 Å². The third kappa shape index (κ3) is 4.00. The Bertz CT molecular complexity index is 388. The summed E-state index contributed by atoms with van der Waals surface area (Å²) >= 11 is 0. The topological polar surface area (TPSA) is 41.5 Å². The molecule has 0 aromatic heterocycles. The standard InChI is InChI=1S/C15H22FNO2/c1-2-14(12-3-5-13(16)6-4-12)17-11-15(18)7-9-19-10-8-15/h3-6,14,17-18H,2,7-11H2,1H3. The van der Waals surface area contributed by atoms with Crippen LogP contribution in [0.25, 0.3) is 0 Å². The Labute approximate surface area is 113 Å². The summed E-state index contributed by atoms with van der Waals surface area (Å²) in [5.41, 5.74) is 0.380. The molecule has 1 atom stereocenters. The molecule has 1 fully saturated rings. The maximum absolute atomic E-state index is 12.9. The first-order chi connectivity index (χ1) is 9.13. The SMILES string of the molecule is CCC(NCC1(O)CCOCC1)c1ccc(F)cc1. The van der Waals surface area contributed by atoms with Crippen molar-refractivity contribution in [2.45, 2.75) is 37.8 Å². The Kier molecular flexibility index (Phi) is 4.91. The van der Waals surface area contributed by atoms with Crippen LogP contribution in [-0.2, 0) is 4.74 Å². The number of hydrogen-bond donors (Lipinski definition) is 2. The summed E-state index contributed by atoms with van der Waals surface area (Å²) in [7, 11) is 0. The van der Waals surface area contributed by atoms with Gasteiger partial charge >= 0.3 is 0 Å². The minimum absolute atomic E-state index is 0.146. The second kappa shape index (κ2) is 6.46. The Morgan fingerprint density at radius 2 is 1.95 bits per heavy atom. The number of hydrogen-bond acceptors (Lipinski definition) is 3. The lowest BCUT2D eigenvalue weighted by atomic mass is 9.93. The third-order valence-corrected chi connectivity index (χ3v) is 3.78.